The van der Waals surface area contributed by atoms with Crippen molar-refractivity contribution in [1.29, 1.82) is 0 Å². The van der Waals surface area contributed by atoms with Crippen LogP contribution in [0.5, 0.6) is 0 Å². The summed E-state index contributed by atoms with van der Waals surface area (Å²) in [6.07, 6.45) is 0.825. The van der Waals surface area contributed by atoms with E-state index in [0.717, 1.165) is 30.2 Å². The van der Waals surface area contributed by atoms with E-state index in [1.165, 1.54) is 0 Å². The molecule has 110 valence electrons. The summed E-state index contributed by atoms with van der Waals surface area (Å²) >= 11 is 0. The number of amides is 1. The van der Waals surface area contributed by atoms with E-state index in [0.29, 0.717) is 6.73 Å². The summed E-state index contributed by atoms with van der Waals surface area (Å²) in [5, 5.41) is 0. The molecule has 4 heteroatoms. The number of hydrogen-bond donors (Lipinski definition) is 0. The molecular formula is C15H29NO2Si. The SMILES string of the molecule is CC(C)=C1CC(C)(C)N(COCC[Si](C)(C)C)C1=O. The van der Waals surface area contributed by atoms with Gasteiger partial charge in [0.15, 0.2) is 0 Å². The van der Waals surface area contributed by atoms with Gasteiger partial charge in [-0.2, -0.15) is 0 Å². The molecule has 0 spiro atoms. The molecule has 0 unspecified atom stereocenters. The summed E-state index contributed by atoms with van der Waals surface area (Å²) in [7, 11) is -1.06. The van der Waals surface area contributed by atoms with Crippen LogP contribution in [0.25, 0.3) is 0 Å². The van der Waals surface area contributed by atoms with Crippen molar-refractivity contribution in [3.63, 3.8) is 0 Å². The third kappa shape index (κ3) is 4.46. The van der Waals surface area contributed by atoms with Gasteiger partial charge in [0.1, 0.15) is 6.73 Å². The molecule has 0 bridgehead atoms. The van der Waals surface area contributed by atoms with Crippen LogP contribution in [-0.2, 0) is 9.53 Å². The molecule has 0 radical (unpaired) electrons. The molecule has 0 aromatic rings. The second kappa shape index (κ2) is 5.79. The first kappa shape index (κ1) is 16.4. The number of rotatable bonds is 5. The summed E-state index contributed by atoms with van der Waals surface area (Å²) < 4.78 is 5.74. The van der Waals surface area contributed by atoms with Gasteiger partial charge >= 0.3 is 0 Å². The van der Waals surface area contributed by atoms with Crippen LogP contribution < -0.4 is 0 Å². The molecular weight excluding hydrogens is 254 g/mol. The number of hydrogen-bond acceptors (Lipinski definition) is 2. The number of allylic oxidation sites excluding steroid dienone is 1. The van der Waals surface area contributed by atoms with Crippen molar-refractivity contribution in [2.75, 3.05) is 13.3 Å². The molecule has 1 heterocycles. The lowest BCUT2D eigenvalue weighted by atomic mass is 9.98. The average molecular weight is 283 g/mol. The Labute approximate surface area is 119 Å². The van der Waals surface area contributed by atoms with Crippen LogP contribution in [0.2, 0.25) is 25.7 Å². The maximum Gasteiger partial charge on any atom is 0.252 e. The van der Waals surface area contributed by atoms with Crippen LogP contribution in [0.1, 0.15) is 34.1 Å². The molecule has 1 rings (SSSR count). The highest BCUT2D eigenvalue weighted by Gasteiger charge is 2.41. The molecule has 0 atom stereocenters. The summed E-state index contributed by atoms with van der Waals surface area (Å²) in [6, 6.07) is 1.14. The fraction of sp³-hybridized carbons (Fsp3) is 0.800. The van der Waals surface area contributed by atoms with E-state index in [2.05, 4.69) is 33.5 Å². The molecule has 1 saturated heterocycles. The van der Waals surface area contributed by atoms with Crippen LogP contribution in [0, 0.1) is 0 Å². The smallest absolute Gasteiger partial charge is 0.252 e. The minimum Gasteiger partial charge on any atom is -0.361 e. The molecule has 0 saturated carbocycles. The van der Waals surface area contributed by atoms with Gasteiger partial charge in [-0.1, -0.05) is 25.2 Å². The van der Waals surface area contributed by atoms with Gasteiger partial charge in [0.05, 0.1) is 0 Å². The Bertz CT molecular complexity index is 376. The molecule has 19 heavy (non-hydrogen) atoms. The van der Waals surface area contributed by atoms with E-state index in [1.807, 2.05) is 18.7 Å². The fourth-order valence-electron chi connectivity index (χ4n) is 2.20. The second-order valence-corrected chi connectivity index (χ2v) is 13.2. The highest BCUT2D eigenvalue weighted by molar-refractivity contribution is 6.76. The largest absolute Gasteiger partial charge is 0.361 e. The van der Waals surface area contributed by atoms with E-state index >= 15 is 0 Å². The quantitative estimate of drug-likeness (QED) is 0.438. The van der Waals surface area contributed by atoms with E-state index in [1.54, 1.807) is 0 Å². The van der Waals surface area contributed by atoms with Crippen molar-refractivity contribution < 1.29 is 9.53 Å². The molecule has 1 fully saturated rings. The third-order valence-corrected chi connectivity index (χ3v) is 5.37. The minimum absolute atomic E-state index is 0.122. The van der Waals surface area contributed by atoms with Crippen molar-refractivity contribution in [1.82, 2.24) is 4.90 Å². The zero-order valence-electron chi connectivity index (χ0n) is 13.6. The van der Waals surface area contributed by atoms with Crippen molar-refractivity contribution >= 4 is 14.0 Å². The van der Waals surface area contributed by atoms with Crippen LogP contribution in [0.4, 0.5) is 0 Å². The number of nitrogens with zero attached hydrogens (tertiary/aromatic N) is 1. The van der Waals surface area contributed by atoms with Gasteiger partial charge in [0.25, 0.3) is 5.91 Å². The van der Waals surface area contributed by atoms with Crippen molar-refractivity contribution in [3.8, 4) is 0 Å². The van der Waals surface area contributed by atoms with Gasteiger partial charge in [-0.05, 0) is 33.7 Å². The Morgan fingerprint density at radius 1 is 1.32 bits per heavy atom. The predicted molar refractivity (Wildman–Crippen MR) is 82.9 cm³/mol. The number of likely N-dealkylation sites (tertiary alicyclic amines) is 1. The predicted octanol–water partition coefficient (Wildman–Crippen LogP) is 3.65. The lowest BCUT2D eigenvalue weighted by Crippen LogP contribution is -2.42. The number of carbonyl (C=O) groups excluding carboxylic acids is 1. The molecule has 0 aliphatic carbocycles. The Morgan fingerprint density at radius 2 is 1.89 bits per heavy atom. The van der Waals surface area contributed by atoms with Crippen molar-refractivity contribution in [3.05, 3.63) is 11.1 Å². The lowest BCUT2D eigenvalue weighted by molar-refractivity contribution is -0.134. The van der Waals surface area contributed by atoms with Gasteiger partial charge in [-0.25, -0.2) is 0 Å². The van der Waals surface area contributed by atoms with Crippen LogP contribution >= 0.6 is 0 Å². The van der Waals surface area contributed by atoms with Crippen molar-refractivity contribution in [2.24, 2.45) is 0 Å². The molecule has 3 nitrogen and oxygen atoms in total. The Balaban J connectivity index is 2.58. The third-order valence-electron chi connectivity index (χ3n) is 3.66. The average Bonchev–Trinajstić information content (AvgIpc) is 2.44. The topological polar surface area (TPSA) is 29.5 Å². The summed E-state index contributed by atoms with van der Waals surface area (Å²) in [6.45, 7) is 16.4. The standard InChI is InChI=1S/C15H29NO2Si/c1-12(2)13-10-15(3,4)16(14(13)17)11-18-8-9-19(5,6)7/h8-11H2,1-7H3. The summed E-state index contributed by atoms with van der Waals surface area (Å²) in [5.74, 6) is 0.151. The molecule has 0 aromatic carbocycles. The van der Waals surface area contributed by atoms with E-state index in [-0.39, 0.29) is 11.4 Å². The summed E-state index contributed by atoms with van der Waals surface area (Å²) in [4.78, 5) is 14.2. The Hall–Kier alpha value is -0.613. The lowest BCUT2D eigenvalue weighted by Gasteiger charge is -2.31. The van der Waals surface area contributed by atoms with Gasteiger partial charge in [0, 0.05) is 32.2 Å². The normalized spacial score (nSPS) is 19.2. The van der Waals surface area contributed by atoms with E-state index in [9.17, 15) is 4.79 Å². The first-order valence-corrected chi connectivity index (χ1v) is 10.8. The Morgan fingerprint density at radius 3 is 2.32 bits per heavy atom. The Kier molecular flexibility index (Phi) is 5.01. The molecule has 1 amide bonds. The van der Waals surface area contributed by atoms with Crippen LogP contribution in [-0.4, -0.2) is 37.8 Å². The van der Waals surface area contributed by atoms with Crippen LogP contribution in [0.3, 0.4) is 0 Å². The first-order chi connectivity index (χ1) is 8.54. The summed E-state index contributed by atoms with van der Waals surface area (Å²) in [5.41, 5.74) is 1.96. The molecule has 1 aliphatic heterocycles. The number of ether oxygens (including phenoxy) is 1. The molecule has 0 N–H and O–H groups in total. The maximum absolute atomic E-state index is 12.4. The highest BCUT2D eigenvalue weighted by atomic mass is 28.3. The number of carbonyl (C=O) groups is 1. The van der Waals surface area contributed by atoms with Gasteiger partial charge < -0.3 is 9.64 Å². The van der Waals surface area contributed by atoms with Gasteiger partial charge in [-0.3, -0.25) is 4.79 Å². The molecule has 0 aromatic heterocycles. The zero-order chi connectivity index (χ0) is 14.8. The maximum atomic E-state index is 12.4. The zero-order valence-corrected chi connectivity index (χ0v) is 14.6. The minimum atomic E-state index is -1.06. The van der Waals surface area contributed by atoms with Gasteiger partial charge in [0.2, 0.25) is 0 Å². The first-order valence-electron chi connectivity index (χ1n) is 7.11. The van der Waals surface area contributed by atoms with Crippen LogP contribution in [0.15, 0.2) is 11.1 Å². The second-order valence-electron chi connectivity index (χ2n) is 7.55. The van der Waals surface area contributed by atoms with Crippen molar-refractivity contribution in [2.45, 2.75) is 65.3 Å². The highest BCUT2D eigenvalue weighted by Crippen LogP contribution is 2.34. The molecule has 1 aliphatic rings. The van der Waals surface area contributed by atoms with E-state index in [4.69, 9.17) is 4.74 Å². The monoisotopic (exact) mass is 283 g/mol. The van der Waals surface area contributed by atoms with E-state index < -0.39 is 8.07 Å². The fourth-order valence-corrected chi connectivity index (χ4v) is 2.96. The van der Waals surface area contributed by atoms with Gasteiger partial charge in [-0.15, -0.1) is 0 Å².